The summed E-state index contributed by atoms with van der Waals surface area (Å²) in [7, 11) is 0. The standard InChI is InChI=1S/C14H20FN/c1-10(2)13-4-3-12(15)9-14(13)11-5-7-16-8-6-11/h3-4,9-11,16H,5-8H2,1-2H3. The first-order valence-electron chi connectivity index (χ1n) is 6.18. The predicted octanol–water partition coefficient (Wildman–Crippen LogP) is 3.42. The molecular weight excluding hydrogens is 201 g/mol. The van der Waals surface area contributed by atoms with Crippen LogP contribution in [0.4, 0.5) is 4.39 Å². The summed E-state index contributed by atoms with van der Waals surface area (Å²) in [6.45, 7) is 6.47. The maximum absolute atomic E-state index is 13.3. The lowest BCUT2D eigenvalue weighted by Gasteiger charge is -2.26. The fourth-order valence-corrected chi connectivity index (χ4v) is 2.56. The third kappa shape index (κ3) is 2.43. The Balaban J connectivity index is 2.32. The van der Waals surface area contributed by atoms with Crippen LogP contribution in [-0.2, 0) is 0 Å². The molecule has 1 nitrogen and oxygen atoms in total. The van der Waals surface area contributed by atoms with E-state index in [1.807, 2.05) is 6.07 Å². The number of benzene rings is 1. The second-order valence-electron chi connectivity index (χ2n) is 4.95. The smallest absolute Gasteiger partial charge is 0.123 e. The van der Waals surface area contributed by atoms with Crippen LogP contribution in [0.15, 0.2) is 18.2 Å². The summed E-state index contributed by atoms with van der Waals surface area (Å²) >= 11 is 0. The molecule has 2 rings (SSSR count). The SMILES string of the molecule is CC(C)c1ccc(F)cc1C1CCNCC1. The number of halogens is 1. The van der Waals surface area contributed by atoms with E-state index in [4.69, 9.17) is 0 Å². The van der Waals surface area contributed by atoms with E-state index in [1.54, 1.807) is 12.1 Å². The molecule has 1 aliphatic rings. The first-order valence-corrected chi connectivity index (χ1v) is 6.18. The van der Waals surface area contributed by atoms with Crippen molar-refractivity contribution in [2.75, 3.05) is 13.1 Å². The average molecular weight is 221 g/mol. The van der Waals surface area contributed by atoms with Crippen molar-refractivity contribution in [3.8, 4) is 0 Å². The molecule has 0 amide bonds. The summed E-state index contributed by atoms with van der Waals surface area (Å²) in [6, 6.07) is 5.28. The molecule has 0 aliphatic carbocycles. The first kappa shape index (κ1) is 11.6. The molecule has 1 heterocycles. The van der Waals surface area contributed by atoms with Crippen LogP contribution < -0.4 is 5.32 Å². The highest BCUT2D eigenvalue weighted by Crippen LogP contribution is 2.32. The van der Waals surface area contributed by atoms with Gasteiger partial charge in [0.05, 0.1) is 0 Å². The topological polar surface area (TPSA) is 12.0 Å². The summed E-state index contributed by atoms with van der Waals surface area (Å²) in [4.78, 5) is 0. The zero-order valence-electron chi connectivity index (χ0n) is 10.1. The van der Waals surface area contributed by atoms with Crippen molar-refractivity contribution in [2.24, 2.45) is 0 Å². The highest BCUT2D eigenvalue weighted by atomic mass is 19.1. The summed E-state index contributed by atoms with van der Waals surface area (Å²) in [5.41, 5.74) is 2.55. The van der Waals surface area contributed by atoms with Crippen LogP contribution in [0.1, 0.15) is 49.7 Å². The fraction of sp³-hybridized carbons (Fsp3) is 0.571. The molecule has 2 heteroatoms. The van der Waals surface area contributed by atoms with Gasteiger partial charge in [-0.2, -0.15) is 0 Å². The Morgan fingerprint density at radius 1 is 1.25 bits per heavy atom. The molecule has 1 N–H and O–H groups in total. The van der Waals surface area contributed by atoms with Crippen molar-refractivity contribution in [3.63, 3.8) is 0 Å². The van der Waals surface area contributed by atoms with Crippen molar-refractivity contribution in [1.29, 1.82) is 0 Å². The fourth-order valence-electron chi connectivity index (χ4n) is 2.56. The third-order valence-corrected chi connectivity index (χ3v) is 3.45. The maximum atomic E-state index is 13.3. The van der Waals surface area contributed by atoms with E-state index in [2.05, 4.69) is 19.2 Å². The number of rotatable bonds is 2. The van der Waals surface area contributed by atoms with Crippen LogP contribution in [-0.4, -0.2) is 13.1 Å². The van der Waals surface area contributed by atoms with Gasteiger partial charge in [-0.3, -0.25) is 0 Å². The molecular formula is C14H20FN. The third-order valence-electron chi connectivity index (χ3n) is 3.45. The Morgan fingerprint density at radius 3 is 2.56 bits per heavy atom. The van der Waals surface area contributed by atoms with Gasteiger partial charge in [-0.25, -0.2) is 4.39 Å². The van der Waals surface area contributed by atoms with Crippen molar-refractivity contribution in [1.82, 2.24) is 5.32 Å². The molecule has 0 spiro atoms. The average Bonchev–Trinajstić information content (AvgIpc) is 2.29. The second-order valence-corrected chi connectivity index (χ2v) is 4.95. The molecule has 0 bridgehead atoms. The van der Waals surface area contributed by atoms with E-state index in [0.717, 1.165) is 25.9 Å². The molecule has 88 valence electrons. The van der Waals surface area contributed by atoms with Crippen molar-refractivity contribution >= 4 is 0 Å². The minimum Gasteiger partial charge on any atom is -0.317 e. The normalized spacial score (nSPS) is 18.0. The van der Waals surface area contributed by atoms with Gasteiger partial charge in [0.2, 0.25) is 0 Å². The van der Waals surface area contributed by atoms with Gasteiger partial charge in [0.25, 0.3) is 0 Å². The van der Waals surface area contributed by atoms with Gasteiger partial charge in [0.1, 0.15) is 5.82 Å². The van der Waals surface area contributed by atoms with E-state index in [0.29, 0.717) is 11.8 Å². The molecule has 1 fully saturated rings. The zero-order valence-corrected chi connectivity index (χ0v) is 10.1. The van der Waals surface area contributed by atoms with Crippen LogP contribution in [0.3, 0.4) is 0 Å². The Bertz CT molecular complexity index is 354. The van der Waals surface area contributed by atoms with E-state index < -0.39 is 0 Å². The van der Waals surface area contributed by atoms with E-state index >= 15 is 0 Å². The monoisotopic (exact) mass is 221 g/mol. The van der Waals surface area contributed by atoms with Crippen LogP contribution in [0, 0.1) is 5.82 Å². The molecule has 0 aromatic heterocycles. The Labute approximate surface area is 97.1 Å². The van der Waals surface area contributed by atoms with Gasteiger partial charge in [-0.15, -0.1) is 0 Å². The summed E-state index contributed by atoms with van der Waals surface area (Å²) in [6.07, 6.45) is 2.26. The van der Waals surface area contributed by atoms with Gasteiger partial charge in [-0.1, -0.05) is 19.9 Å². The lowest BCUT2D eigenvalue weighted by atomic mass is 9.84. The van der Waals surface area contributed by atoms with Gasteiger partial charge >= 0.3 is 0 Å². The molecule has 1 aromatic carbocycles. The zero-order chi connectivity index (χ0) is 11.5. The lowest BCUT2D eigenvalue weighted by molar-refractivity contribution is 0.455. The quantitative estimate of drug-likeness (QED) is 0.807. The molecule has 1 aliphatic heterocycles. The van der Waals surface area contributed by atoms with Gasteiger partial charge in [0.15, 0.2) is 0 Å². The molecule has 0 atom stereocenters. The van der Waals surface area contributed by atoms with Crippen molar-refractivity contribution in [3.05, 3.63) is 35.1 Å². The van der Waals surface area contributed by atoms with E-state index in [-0.39, 0.29) is 5.82 Å². The summed E-state index contributed by atoms with van der Waals surface area (Å²) in [5.74, 6) is 0.915. The number of hydrogen-bond acceptors (Lipinski definition) is 1. The minimum atomic E-state index is -0.0991. The lowest BCUT2D eigenvalue weighted by Crippen LogP contribution is -2.27. The van der Waals surface area contributed by atoms with Gasteiger partial charge in [-0.05, 0) is 61.0 Å². The summed E-state index contributed by atoms with van der Waals surface area (Å²) in [5, 5.41) is 3.35. The second kappa shape index (κ2) is 4.96. The molecule has 0 saturated carbocycles. The number of nitrogens with one attached hydrogen (secondary N) is 1. The minimum absolute atomic E-state index is 0.0991. The maximum Gasteiger partial charge on any atom is 0.123 e. The van der Waals surface area contributed by atoms with Crippen LogP contribution in [0.25, 0.3) is 0 Å². The van der Waals surface area contributed by atoms with Gasteiger partial charge < -0.3 is 5.32 Å². The number of piperidine rings is 1. The predicted molar refractivity (Wildman–Crippen MR) is 65.3 cm³/mol. The van der Waals surface area contributed by atoms with E-state index in [1.165, 1.54) is 11.1 Å². The molecule has 1 saturated heterocycles. The Kier molecular flexibility index (Phi) is 3.59. The van der Waals surface area contributed by atoms with Crippen LogP contribution in [0.5, 0.6) is 0 Å². The molecule has 0 radical (unpaired) electrons. The molecule has 0 unspecified atom stereocenters. The first-order chi connectivity index (χ1) is 7.68. The Hall–Kier alpha value is -0.890. The van der Waals surface area contributed by atoms with Crippen molar-refractivity contribution in [2.45, 2.75) is 38.5 Å². The highest BCUT2D eigenvalue weighted by molar-refractivity contribution is 5.33. The number of hydrogen-bond donors (Lipinski definition) is 1. The van der Waals surface area contributed by atoms with Crippen molar-refractivity contribution < 1.29 is 4.39 Å². The van der Waals surface area contributed by atoms with Crippen LogP contribution >= 0.6 is 0 Å². The van der Waals surface area contributed by atoms with E-state index in [9.17, 15) is 4.39 Å². The largest absolute Gasteiger partial charge is 0.317 e. The van der Waals surface area contributed by atoms with Gasteiger partial charge in [0, 0.05) is 0 Å². The molecule has 16 heavy (non-hydrogen) atoms. The van der Waals surface area contributed by atoms with Crippen LogP contribution in [0.2, 0.25) is 0 Å². The summed E-state index contributed by atoms with van der Waals surface area (Å²) < 4.78 is 13.3. The molecule has 1 aromatic rings. The highest BCUT2D eigenvalue weighted by Gasteiger charge is 2.19. The Morgan fingerprint density at radius 2 is 1.94 bits per heavy atom.